The Morgan fingerprint density at radius 2 is 1.03 bits per heavy atom. The Morgan fingerprint density at radius 3 is 1.49 bits per heavy atom. The normalized spacial score (nSPS) is 12.7. The molecule has 3 unspecified atom stereocenters. The number of urea groups is 1. The molecule has 8 N–H and O–H groups in total. The molecule has 18 nitrogen and oxygen atoms in total. The van der Waals surface area contributed by atoms with Gasteiger partial charge in [-0.1, -0.05) is 25.0 Å². The standard InChI is InChI=1S/C38H55N7O11.4BrH.Re/c46-32(41-23-11-7-15-30(36(52)53)43-38(56)44-31(37(54)55)19-20-34(48)49)17-3-1-2-4-18-33(47)42-29(35(50)51)16-8-12-24-45(25-27-13-5-9-21-39-27)26-28-14-6-10-22-40-28;;;;;/h5-6,9-10,13-14,21-22,29-31H,1-4,7-8,11-12,15-20,23-26H2,(H,41,46)(H,42,47)(H,48,49)(H,50,51)(H,52,53)(H,54,55)(H2,43,44,56);4*1H;/q;;;;;+4/p-4. The van der Waals surface area contributed by atoms with E-state index in [1.807, 2.05) is 36.4 Å². The fourth-order valence-electron chi connectivity index (χ4n) is 5.72. The van der Waals surface area contributed by atoms with Crippen LogP contribution in [0.4, 0.5) is 4.79 Å². The van der Waals surface area contributed by atoms with Gasteiger partial charge in [0.05, 0.1) is 11.4 Å². The molecular formula is C38H55Br4N7O11Re. The van der Waals surface area contributed by atoms with Crippen LogP contribution in [0.5, 0.6) is 0 Å². The fraction of sp³-hybridized carbons (Fsp3) is 0.553. The Labute approximate surface area is 384 Å². The number of halogens is 4. The maximum absolute atomic E-state index is 12.5. The summed E-state index contributed by atoms with van der Waals surface area (Å²) >= 11 is 13.3. The van der Waals surface area contributed by atoms with Gasteiger partial charge in [-0.2, -0.15) is 0 Å². The van der Waals surface area contributed by atoms with E-state index in [4.69, 9.17) is 10.2 Å². The Morgan fingerprint density at radius 1 is 0.574 bits per heavy atom. The van der Waals surface area contributed by atoms with Crippen LogP contribution < -0.4 is 21.3 Å². The molecule has 3 atom stereocenters. The number of nitrogens with zero attached hydrogens (tertiary/aromatic N) is 3. The molecule has 0 saturated carbocycles. The van der Waals surface area contributed by atoms with Crippen molar-refractivity contribution in [2.45, 2.75) is 121 Å². The van der Waals surface area contributed by atoms with Crippen LogP contribution in [-0.4, -0.2) is 108 Å². The van der Waals surface area contributed by atoms with E-state index in [2.05, 4.69) is 89.9 Å². The molecule has 2 aromatic rings. The molecule has 0 aliphatic heterocycles. The van der Waals surface area contributed by atoms with Crippen molar-refractivity contribution in [2.75, 3.05) is 13.1 Å². The first kappa shape index (κ1) is 55.9. The number of rotatable bonds is 30. The number of pyridine rings is 2. The van der Waals surface area contributed by atoms with Crippen molar-refractivity contribution in [1.82, 2.24) is 36.1 Å². The molecule has 2 aromatic heterocycles. The first-order valence-electron chi connectivity index (χ1n) is 19.5. The molecule has 2 heterocycles. The van der Waals surface area contributed by atoms with Crippen LogP contribution in [-0.2, 0) is 49.3 Å². The number of nitrogens with one attached hydrogen (secondary N) is 4. The molecule has 4 amide bonds. The molecule has 0 saturated heterocycles. The average molecular weight is 1290 g/mol. The van der Waals surface area contributed by atoms with Crippen LogP contribution in [0.15, 0.2) is 48.8 Å². The van der Waals surface area contributed by atoms with Crippen LogP contribution >= 0.6 is 53.7 Å². The molecule has 2 rings (SSSR count). The Kier molecular flexibility index (Phi) is 29.9. The van der Waals surface area contributed by atoms with Crippen LogP contribution in [0.3, 0.4) is 0 Å². The van der Waals surface area contributed by atoms with E-state index in [0.717, 1.165) is 17.8 Å². The minimum absolute atomic E-state index is 0.0194. The number of carboxylic acid groups (broad SMARTS) is 4. The summed E-state index contributed by atoms with van der Waals surface area (Å²) < 4.78 is 0. The van der Waals surface area contributed by atoms with E-state index < -0.39 is 61.9 Å². The van der Waals surface area contributed by atoms with Crippen molar-refractivity contribution < 1.29 is 61.5 Å². The summed E-state index contributed by atoms with van der Waals surface area (Å²) in [6.07, 6.45) is 8.02. The van der Waals surface area contributed by atoms with Gasteiger partial charge in [0.25, 0.3) is 0 Å². The third-order valence-electron chi connectivity index (χ3n) is 8.73. The van der Waals surface area contributed by atoms with Gasteiger partial charge in [0.2, 0.25) is 11.8 Å². The zero-order chi connectivity index (χ0) is 45.6. The van der Waals surface area contributed by atoms with Gasteiger partial charge in [0.1, 0.15) is 18.1 Å². The van der Waals surface area contributed by atoms with Crippen LogP contribution in [0.1, 0.15) is 101 Å². The zero-order valence-corrected chi connectivity index (χ0v) is 42.5. The van der Waals surface area contributed by atoms with E-state index in [1.54, 1.807) is 12.4 Å². The summed E-state index contributed by atoms with van der Waals surface area (Å²) in [5.41, 5.74) is 1.85. The zero-order valence-electron chi connectivity index (χ0n) is 33.5. The number of aromatic nitrogens is 2. The summed E-state index contributed by atoms with van der Waals surface area (Å²) in [4.78, 5) is 93.2. The number of aliphatic carboxylic acids is 4. The monoisotopic (exact) mass is 1290 g/mol. The van der Waals surface area contributed by atoms with Gasteiger partial charge in [0, 0.05) is 51.3 Å². The molecule has 0 fully saturated rings. The van der Waals surface area contributed by atoms with Crippen molar-refractivity contribution in [3.05, 3.63) is 60.2 Å². The van der Waals surface area contributed by atoms with E-state index in [0.29, 0.717) is 71.0 Å². The van der Waals surface area contributed by atoms with Crippen LogP contribution in [0.25, 0.3) is 0 Å². The maximum atomic E-state index is 12.5. The van der Waals surface area contributed by atoms with Crippen molar-refractivity contribution >= 4 is 95.4 Å². The molecule has 343 valence electrons. The molecular weight excluding hydrogens is 1240 g/mol. The number of unbranched alkanes of at least 4 members (excludes halogenated alkanes) is 5. The van der Waals surface area contributed by atoms with Crippen LogP contribution in [0.2, 0.25) is 0 Å². The number of carbonyl (C=O) groups is 7. The van der Waals surface area contributed by atoms with E-state index in [-0.39, 0.29) is 44.0 Å². The molecule has 0 spiro atoms. The molecule has 0 radical (unpaired) electrons. The number of hydrogen-bond donors (Lipinski definition) is 8. The first-order valence-corrected chi connectivity index (χ1v) is 43.2. The third kappa shape index (κ3) is 31.4. The fourth-order valence-corrected chi connectivity index (χ4v) is 5.72. The summed E-state index contributed by atoms with van der Waals surface area (Å²) in [5, 5.41) is 46.6. The summed E-state index contributed by atoms with van der Waals surface area (Å²) in [6, 6.07) is 6.67. The van der Waals surface area contributed by atoms with E-state index in [1.165, 1.54) is 0 Å². The van der Waals surface area contributed by atoms with Gasteiger partial charge in [-0.3, -0.25) is 29.3 Å². The van der Waals surface area contributed by atoms with Crippen molar-refractivity contribution in [3.8, 4) is 0 Å². The van der Waals surface area contributed by atoms with Crippen molar-refractivity contribution in [3.63, 3.8) is 0 Å². The molecule has 23 heteroatoms. The summed E-state index contributed by atoms with van der Waals surface area (Å²) in [6.45, 7) is 2.25. The van der Waals surface area contributed by atoms with E-state index >= 15 is 0 Å². The molecule has 0 bridgehead atoms. The Hall–Kier alpha value is -3.07. The quantitative estimate of drug-likeness (QED) is 0.0399. The molecule has 0 aliphatic rings. The van der Waals surface area contributed by atoms with Gasteiger partial charge < -0.3 is 41.7 Å². The second kappa shape index (κ2) is 32.6. The minimum atomic E-state index is -1.86. The molecule has 0 aromatic carbocycles. The SMILES string of the molecule is O=C(O)CCC(NC(=O)NC(CCCCNC(=O)CCCCCCC(=O)NC(CCCCN(Cc1ccccn1)Cc1ccccn1)C(=O)O)C(=O)O)C(=O)O.[Br][Re]([Br])([Br])[Br]. The number of hydrogen-bond acceptors (Lipinski definition) is 10. The predicted octanol–water partition coefficient (Wildman–Crippen LogP) is 6.30. The Bertz CT molecular complexity index is 1600. The summed E-state index contributed by atoms with van der Waals surface area (Å²) in [5.74, 6) is -5.61. The molecule has 61 heavy (non-hydrogen) atoms. The van der Waals surface area contributed by atoms with Crippen LogP contribution in [0, 0.1) is 0 Å². The second-order valence-electron chi connectivity index (χ2n) is 13.7. The van der Waals surface area contributed by atoms with Gasteiger partial charge in [-0.05, 0) is 88.6 Å². The van der Waals surface area contributed by atoms with Crippen molar-refractivity contribution in [1.29, 1.82) is 0 Å². The van der Waals surface area contributed by atoms with Crippen molar-refractivity contribution in [2.24, 2.45) is 0 Å². The van der Waals surface area contributed by atoms with E-state index in [9.17, 15) is 43.8 Å². The van der Waals surface area contributed by atoms with Gasteiger partial charge in [-0.15, -0.1) is 0 Å². The Balaban J connectivity index is 0.00000350. The topological polar surface area (TPSA) is 278 Å². The second-order valence-corrected chi connectivity index (χ2v) is 85.0. The number of carbonyl (C=O) groups excluding carboxylic acids is 3. The average Bonchev–Trinajstić information content (AvgIpc) is 3.18. The molecule has 0 aliphatic carbocycles. The first-order chi connectivity index (χ1) is 28.8. The van der Waals surface area contributed by atoms with Gasteiger partial charge in [0.15, 0.2) is 0 Å². The predicted molar refractivity (Wildman–Crippen MR) is 238 cm³/mol. The summed E-state index contributed by atoms with van der Waals surface area (Å²) in [7, 11) is -1.86. The number of amides is 4. The van der Waals surface area contributed by atoms with Gasteiger partial charge >= 0.3 is 91.1 Å². The third-order valence-corrected chi connectivity index (χ3v) is 8.73. The van der Waals surface area contributed by atoms with Gasteiger partial charge in [-0.25, -0.2) is 19.2 Å². The number of carboxylic acids is 4.